The molecule has 6 nitrogen and oxygen atoms in total. The molecular weight excluding hydrogens is 288 g/mol. The van der Waals surface area contributed by atoms with Gasteiger partial charge >= 0.3 is 11.9 Å². The van der Waals surface area contributed by atoms with E-state index in [0.29, 0.717) is 11.5 Å². The smallest absolute Gasteiger partial charge is 0.334 e. The van der Waals surface area contributed by atoms with Gasteiger partial charge in [0.05, 0.1) is 19.6 Å². The Bertz CT molecular complexity index is 590. The van der Waals surface area contributed by atoms with Gasteiger partial charge in [0.1, 0.15) is 0 Å². The molecule has 2 rings (SSSR count). The minimum Gasteiger partial charge on any atom is -0.466 e. The van der Waals surface area contributed by atoms with E-state index < -0.39 is 11.9 Å². The van der Waals surface area contributed by atoms with Crippen LogP contribution in [-0.2, 0) is 19.1 Å². The fourth-order valence-electron chi connectivity index (χ4n) is 1.98. The molecule has 0 saturated heterocycles. The molecule has 0 bridgehead atoms. The Morgan fingerprint density at radius 1 is 1.14 bits per heavy atom. The van der Waals surface area contributed by atoms with Gasteiger partial charge in [-0.2, -0.15) is 0 Å². The molecule has 22 heavy (non-hydrogen) atoms. The van der Waals surface area contributed by atoms with Crippen molar-refractivity contribution in [1.29, 1.82) is 0 Å². The summed E-state index contributed by atoms with van der Waals surface area (Å²) >= 11 is 0. The van der Waals surface area contributed by atoms with Crippen LogP contribution in [0, 0.1) is 0 Å². The van der Waals surface area contributed by atoms with Crippen molar-refractivity contribution in [2.75, 3.05) is 20.0 Å². The van der Waals surface area contributed by atoms with Crippen molar-refractivity contribution in [3.63, 3.8) is 0 Å². The van der Waals surface area contributed by atoms with Crippen molar-refractivity contribution in [2.45, 2.75) is 20.3 Å². The van der Waals surface area contributed by atoms with E-state index in [-0.39, 0.29) is 32.0 Å². The number of fused-ring (bicyclic) bond motifs is 1. The highest BCUT2D eigenvalue weighted by Gasteiger charge is 2.17. The lowest BCUT2D eigenvalue weighted by molar-refractivity contribution is -0.145. The number of ether oxygens (including phenoxy) is 4. The van der Waals surface area contributed by atoms with Crippen LogP contribution >= 0.6 is 0 Å². The van der Waals surface area contributed by atoms with Crippen LogP contribution in [-0.4, -0.2) is 31.9 Å². The molecule has 6 heteroatoms. The maximum absolute atomic E-state index is 12.0. The molecule has 1 aromatic carbocycles. The first kappa shape index (κ1) is 15.9. The van der Waals surface area contributed by atoms with E-state index in [1.807, 2.05) is 0 Å². The molecular formula is C16H18O6. The molecule has 1 aromatic rings. The minimum absolute atomic E-state index is 0.138. The van der Waals surface area contributed by atoms with Gasteiger partial charge in [-0.1, -0.05) is 6.07 Å². The first-order valence-corrected chi connectivity index (χ1v) is 7.07. The van der Waals surface area contributed by atoms with E-state index in [9.17, 15) is 9.59 Å². The monoisotopic (exact) mass is 306 g/mol. The summed E-state index contributed by atoms with van der Waals surface area (Å²) in [7, 11) is 0. The summed E-state index contributed by atoms with van der Waals surface area (Å²) in [6, 6.07) is 5.27. The molecule has 0 unspecified atom stereocenters. The van der Waals surface area contributed by atoms with Crippen molar-refractivity contribution < 1.29 is 28.5 Å². The molecule has 118 valence electrons. The minimum atomic E-state index is -0.534. The highest BCUT2D eigenvalue weighted by Crippen LogP contribution is 2.33. The van der Waals surface area contributed by atoms with E-state index in [2.05, 4.69) is 0 Å². The fourth-order valence-corrected chi connectivity index (χ4v) is 1.98. The molecule has 0 spiro atoms. The number of esters is 2. The van der Waals surface area contributed by atoms with Crippen LogP contribution in [0.3, 0.4) is 0 Å². The third-order valence-electron chi connectivity index (χ3n) is 2.92. The standard InChI is InChI=1S/C16H18O6/c1-3-19-15(17)9-12(16(18)20-4-2)7-11-5-6-13-14(8-11)22-10-21-13/h5-8H,3-4,9-10H2,1-2H3. The van der Waals surface area contributed by atoms with E-state index in [0.717, 1.165) is 5.56 Å². The first-order valence-electron chi connectivity index (χ1n) is 7.07. The summed E-state index contributed by atoms with van der Waals surface area (Å²) in [5, 5.41) is 0. The molecule has 0 amide bonds. The van der Waals surface area contributed by atoms with Gasteiger partial charge in [-0.25, -0.2) is 4.79 Å². The van der Waals surface area contributed by atoms with E-state index in [1.165, 1.54) is 0 Å². The SMILES string of the molecule is CCOC(=O)CC(=Cc1ccc2c(c1)OCO2)C(=O)OCC. The Morgan fingerprint density at radius 2 is 1.86 bits per heavy atom. The van der Waals surface area contributed by atoms with Crippen molar-refractivity contribution in [3.8, 4) is 11.5 Å². The summed E-state index contributed by atoms with van der Waals surface area (Å²) in [6.07, 6.45) is 1.46. The van der Waals surface area contributed by atoms with Gasteiger partial charge in [-0.15, -0.1) is 0 Å². The average molecular weight is 306 g/mol. The average Bonchev–Trinajstić information content (AvgIpc) is 2.94. The van der Waals surface area contributed by atoms with Crippen LogP contribution in [0.4, 0.5) is 0 Å². The number of rotatable bonds is 6. The van der Waals surface area contributed by atoms with Gasteiger partial charge in [-0.05, 0) is 37.6 Å². The van der Waals surface area contributed by atoms with Crippen LogP contribution in [0.1, 0.15) is 25.8 Å². The van der Waals surface area contributed by atoms with Gasteiger partial charge in [0.2, 0.25) is 6.79 Å². The van der Waals surface area contributed by atoms with E-state index in [1.54, 1.807) is 38.1 Å². The predicted octanol–water partition coefficient (Wildman–Crippen LogP) is 2.32. The molecule has 0 atom stereocenters. The van der Waals surface area contributed by atoms with Crippen molar-refractivity contribution in [1.82, 2.24) is 0 Å². The lowest BCUT2D eigenvalue weighted by atomic mass is 10.1. The lowest BCUT2D eigenvalue weighted by Crippen LogP contribution is -2.13. The highest BCUT2D eigenvalue weighted by atomic mass is 16.7. The van der Waals surface area contributed by atoms with Crippen LogP contribution in [0.15, 0.2) is 23.8 Å². The highest BCUT2D eigenvalue weighted by molar-refractivity contribution is 5.98. The summed E-state index contributed by atoms with van der Waals surface area (Å²) in [5.41, 5.74) is 0.954. The van der Waals surface area contributed by atoms with E-state index in [4.69, 9.17) is 18.9 Å². The molecule has 0 N–H and O–H groups in total. The third-order valence-corrected chi connectivity index (χ3v) is 2.92. The normalized spacial score (nSPS) is 12.9. The van der Waals surface area contributed by atoms with Gasteiger partial charge in [0, 0.05) is 5.57 Å². The van der Waals surface area contributed by atoms with Crippen LogP contribution in [0.25, 0.3) is 6.08 Å². The van der Waals surface area contributed by atoms with Crippen LogP contribution in [0.5, 0.6) is 11.5 Å². The predicted molar refractivity (Wildman–Crippen MR) is 78.4 cm³/mol. The van der Waals surface area contributed by atoms with Gasteiger partial charge in [-0.3, -0.25) is 4.79 Å². The maximum Gasteiger partial charge on any atom is 0.334 e. The fraction of sp³-hybridized carbons (Fsp3) is 0.375. The second kappa shape index (κ2) is 7.49. The Kier molecular flexibility index (Phi) is 5.41. The van der Waals surface area contributed by atoms with E-state index >= 15 is 0 Å². The molecule has 1 heterocycles. The largest absolute Gasteiger partial charge is 0.466 e. The Labute approximate surface area is 128 Å². The zero-order valence-electron chi connectivity index (χ0n) is 12.6. The third kappa shape index (κ3) is 4.00. The molecule has 0 radical (unpaired) electrons. The maximum atomic E-state index is 12.0. The number of benzene rings is 1. The van der Waals surface area contributed by atoms with Crippen molar-refractivity contribution >= 4 is 18.0 Å². The molecule has 1 aliphatic rings. The molecule has 0 aliphatic carbocycles. The summed E-state index contributed by atoms with van der Waals surface area (Å²) in [4.78, 5) is 23.6. The number of carbonyl (C=O) groups excluding carboxylic acids is 2. The Morgan fingerprint density at radius 3 is 2.59 bits per heavy atom. The second-order valence-corrected chi connectivity index (χ2v) is 4.48. The first-order chi connectivity index (χ1) is 10.6. The quantitative estimate of drug-likeness (QED) is 0.593. The summed E-state index contributed by atoms with van der Waals surface area (Å²) < 4.78 is 20.4. The molecule has 1 aliphatic heterocycles. The molecule has 0 saturated carbocycles. The van der Waals surface area contributed by atoms with Crippen LogP contribution in [0.2, 0.25) is 0 Å². The van der Waals surface area contributed by atoms with Crippen LogP contribution < -0.4 is 9.47 Å². The summed E-state index contributed by atoms with van der Waals surface area (Å²) in [5.74, 6) is 0.254. The van der Waals surface area contributed by atoms with Gasteiger partial charge in [0.15, 0.2) is 11.5 Å². The lowest BCUT2D eigenvalue weighted by Gasteiger charge is -2.07. The van der Waals surface area contributed by atoms with Crippen molar-refractivity contribution in [2.24, 2.45) is 0 Å². The number of hydrogen-bond acceptors (Lipinski definition) is 6. The van der Waals surface area contributed by atoms with Gasteiger partial charge in [0.25, 0.3) is 0 Å². The topological polar surface area (TPSA) is 71.1 Å². The Hall–Kier alpha value is -2.50. The Balaban J connectivity index is 2.22. The van der Waals surface area contributed by atoms with Crippen molar-refractivity contribution in [3.05, 3.63) is 29.3 Å². The molecule has 0 fully saturated rings. The number of carbonyl (C=O) groups is 2. The zero-order chi connectivity index (χ0) is 15.9. The van der Waals surface area contributed by atoms with Gasteiger partial charge < -0.3 is 18.9 Å². The molecule has 0 aromatic heterocycles. The zero-order valence-corrected chi connectivity index (χ0v) is 12.6. The number of hydrogen-bond donors (Lipinski definition) is 0. The summed E-state index contributed by atoms with van der Waals surface area (Å²) in [6.45, 7) is 4.10. The second-order valence-electron chi connectivity index (χ2n) is 4.48.